The lowest BCUT2D eigenvalue weighted by Crippen LogP contribution is -1.97. The molecule has 4 aromatic rings. The van der Waals surface area contributed by atoms with Gasteiger partial charge in [-0.05, 0) is 60.1 Å². The third kappa shape index (κ3) is 9.34. The minimum atomic E-state index is 0. The fraction of sp³-hybridized carbons (Fsp3) is 0.263. The molecule has 0 amide bonds. The first-order valence-corrected chi connectivity index (χ1v) is 13.7. The van der Waals surface area contributed by atoms with Crippen molar-refractivity contribution in [2.75, 3.05) is 0 Å². The number of benzene rings is 4. The molecular weight excluding hydrogens is 456 g/mol. The molecule has 0 aliphatic carbocycles. The molecule has 4 aromatic carbocycles. The first-order valence-electron chi connectivity index (χ1n) is 13.7. The second-order valence-electron chi connectivity index (χ2n) is 9.84. The summed E-state index contributed by atoms with van der Waals surface area (Å²) in [5, 5.41) is 0. The van der Waals surface area contributed by atoms with E-state index in [4.69, 9.17) is 0 Å². The first kappa shape index (κ1) is 30.6. The van der Waals surface area contributed by atoms with Gasteiger partial charge in [-0.3, -0.25) is 0 Å². The second kappa shape index (κ2) is 16.3. The molecule has 0 aliphatic heterocycles. The lowest BCUT2D eigenvalue weighted by atomic mass is 9.89. The Morgan fingerprint density at radius 3 is 1.68 bits per heavy atom. The van der Waals surface area contributed by atoms with Crippen molar-refractivity contribution in [3.63, 3.8) is 0 Å². The lowest BCUT2D eigenvalue weighted by molar-refractivity contribution is 0.716. The maximum Gasteiger partial charge on any atom is 0.00239 e. The van der Waals surface area contributed by atoms with E-state index >= 15 is 0 Å². The van der Waals surface area contributed by atoms with Crippen molar-refractivity contribution in [2.24, 2.45) is 0 Å². The highest BCUT2D eigenvalue weighted by atomic mass is 14.2. The van der Waals surface area contributed by atoms with Gasteiger partial charge in [-0.15, -0.1) is 0 Å². The van der Waals surface area contributed by atoms with Crippen molar-refractivity contribution >= 4 is 11.1 Å². The van der Waals surface area contributed by atoms with Crippen LogP contribution in [0.5, 0.6) is 0 Å². The van der Waals surface area contributed by atoms with Crippen molar-refractivity contribution in [2.45, 2.75) is 66.7 Å². The summed E-state index contributed by atoms with van der Waals surface area (Å²) < 4.78 is 0. The standard InChI is InChI=1S/C28H32.C9H10.CH4/c1-4-9-27(23-11-7-6-8-12-23)21-28(10-5-2)26-19-17-25(18-20-26)24-15-13-22(3)14-16-24;1-8(2)9-6-4-3-5-7-9;/h6-8,11-21,27H,4-5,9-10H2,1-3H3;3-7H,1H2,2H3;1H4/b28-21+;;. The van der Waals surface area contributed by atoms with Gasteiger partial charge in [-0.2, -0.15) is 0 Å². The van der Waals surface area contributed by atoms with Crippen LogP contribution in [0.3, 0.4) is 0 Å². The van der Waals surface area contributed by atoms with Gasteiger partial charge in [0.25, 0.3) is 0 Å². The van der Waals surface area contributed by atoms with Crippen LogP contribution in [-0.4, -0.2) is 0 Å². The van der Waals surface area contributed by atoms with Gasteiger partial charge in [0.05, 0.1) is 0 Å². The average Bonchev–Trinajstić information content (AvgIpc) is 2.94. The summed E-state index contributed by atoms with van der Waals surface area (Å²) in [7, 11) is 0. The van der Waals surface area contributed by atoms with E-state index in [1.807, 2.05) is 25.1 Å². The smallest absolute Gasteiger partial charge is 0.00239 e. The van der Waals surface area contributed by atoms with Gasteiger partial charge >= 0.3 is 0 Å². The van der Waals surface area contributed by atoms with Crippen LogP contribution in [0.2, 0.25) is 0 Å². The van der Waals surface area contributed by atoms with Crippen LogP contribution in [0.1, 0.15) is 82.1 Å². The van der Waals surface area contributed by atoms with Crippen molar-refractivity contribution in [1.29, 1.82) is 0 Å². The van der Waals surface area contributed by atoms with E-state index in [2.05, 4.69) is 124 Å². The van der Waals surface area contributed by atoms with E-state index in [0.717, 1.165) is 12.0 Å². The highest BCUT2D eigenvalue weighted by Crippen LogP contribution is 2.31. The molecule has 0 spiro atoms. The molecule has 0 heteroatoms. The van der Waals surface area contributed by atoms with Gasteiger partial charge in [-0.1, -0.05) is 167 Å². The molecule has 0 fully saturated rings. The van der Waals surface area contributed by atoms with Crippen molar-refractivity contribution in [3.8, 4) is 11.1 Å². The van der Waals surface area contributed by atoms with Crippen LogP contribution >= 0.6 is 0 Å². The van der Waals surface area contributed by atoms with E-state index in [1.165, 1.54) is 58.2 Å². The fourth-order valence-corrected chi connectivity index (χ4v) is 4.54. The Morgan fingerprint density at radius 1 is 0.684 bits per heavy atom. The molecule has 0 heterocycles. The molecule has 0 saturated carbocycles. The molecule has 38 heavy (non-hydrogen) atoms. The third-order valence-electron chi connectivity index (χ3n) is 6.66. The van der Waals surface area contributed by atoms with E-state index in [9.17, 15) is 0 Å². The Labute approximate surface area is 232 Å². The molecule has 0 saturated heterocycles. The summed E-state index contributed by atoms with van der Waals surface area (Å²) in [5.41, 5.74) is 10.5. The van der Waals surface area contributed by atoms with E-state index in [1.54, 1.807) is 0 Å². The maximum atomic E-state index is 3.83. The second-order valence-corrected chi connectivity index (χ2v) is 9.84. The van der Waals surface area contributed by atoms with Crippen LogP contribution in [0, 0.1) is 6.92 Å². The number of hydrogen-bond acceptors (Lipinski definition) is 0. The van der Waals surface area contributed by atoms with Crippen molar-refractivity contribution in [3.05, 3.63) is 144 Å². The van der Waals surface area contributed by atoms with Crippen molar-refractivity contribution in [1.82, 2.24) is 0 Å². The van der Waals surface area contributed by atoms with Crippen LogP contribution < -0.4 is 0 Å². The molecule has 0 aliphatic rings. The van der Waals surface area contributed by atoms with Gasteiger partial charge in [0.15, 0.2) is 0 Å². The summed E-state index contributed by atoms with van der Waals surface area (Å²) in [5.74, 6) is 0.490. The molecule has 0 radical (unpaired) electrons. The average molecular weight is 503 g/mol. The van der Waals surface area contributed by atoms with Gasteiger partial charge in [0, 0.05) is 5.92 Å². The zero-order valence-electron chi connectivity index (χ0n) is 23.1. The minimum absolute atomic E-state index is 0. The Bertz CT molecular complexity index is 1230. The molecule has 0 aromatic heterocycles. The Kier molecular flexibility index (Phi) is 13.1. The molecule has 198 valence electrons. The van der Waals surface area contributed by atoms with Gasteiger partial charge in [0.1, 0.15) is 0 Å². The third-order valence-corrected chi connectivity index (χ3v) is 6.66. The van der Waals surface area contributed by atoms with Crippen LogP contribution in [0.4, 0.5) is 0 Å². The zero-order valence-corrected chi connectivity index (χ0v) is 23.1. The van der Waals surface area contributed by atoms with Crippen molar-refractivity contribution < 1.29 is 0 Å². The fourth-order valence-electron chi connectivity index (χ4n) is 4.54. The monoisotopic (exact) mass is 502 g/mol. The molecule has 1 unspecified atom stereocenters. The number of hydrogen-bond donors (Lipinski definition) is 0. The quantitative estimate of drug-likeness (QED) is 0.213. The highest BCUT2D eigenvalue weighted by molar-refractivity contribution is 5.71. The number of aryl methyl sites for hydroxylation is 1. The summed E-state index contributed by atoms with van der Waals surface area (Å²) in [4.78, 5) is 0. The molecule has 1 atom stereocenters. The first-order chi connectivity index (χ1) is 18.0. The molecule has 0 N–H and O–H groups in total. The maximum absolute atomic E-state index is 3.83. The number of rotatable bonds is 9. The normalized spacial score (nSPS) is 11.5. The zero-order chi connectivity index (χ0) is 26.5. The lowest BCUT2D eigenvalue weighted by Gasteiger charge is -2.16. The summed E-state index contributed by atoms with van der Waals surface area (Å²) in [6.07, 6.45) is 7.19. The highest BCUT2D eigenvalue weighted by Gasteiger charge is 2.11. The Morgan fingerprint density at radius 2 is 1.21 bits per heavy atom. The largest absolute Gasteiger partial charge is 0.0955 e. The summed E-state index contributed by atoms with van der Waals surface area (Å²) in [6.45, 7) is 12.5. The van der Waals surface area contributed by atoms with Gasteiger partial charge in [0.2, 0.25) is 0 Å². The number of allylic oxidation sites excluding steroid dienone is 3. The predicted molar refractivity (Wildman–Crippen MR) is 171 cm³/mol. The van der Waals surface area contributed by atoms with E-state index in [0.29, 0.717) is 5.92 Å². The van der Waals surface area contributed by atoms with E-state index < -0.39 is 0 Å². The van der Waals surface area contributed by atoms with Gasteiger partial charge < -0.3 is 0 Å². The summed E-state index contributed by atoms with van der Waals surface area (Å²) in [6, 6.07) is 39.0. The summed E-state index contributed by atoms with van der Waals surface area (Å²) >= 11 is 0. The van der Waals surface area contributed by atoms with Crippen LogP contribution in [0.15, 0.2) is 122 Å². The Hall–Kier alpha value is -3.64. The Balaban J connectivity index is 0.000000430. The minimum Gasteiger partial charge on any atom is -0.0955 e. The topological polar surface area (TPSA) is 0 Å². The SMILES string of the molecule is C.C=C(C)c1ccccc1.CCC/C(=C\C(CCC)c1ccccc1)c1ccc(-c2ccc(C)cc2)cc1. The molecule has 0 nitrogen and oxygen atoms in total. The molecular formula is C38H46. The molecule has 0 bridgehead atoms. The van der Waals surface area contributed by atoms with Gasteiger partial charge in [-0.25, -0.2) is 0 Å². The van der Waals surface area contributed by atoms with E-state index in [-0.39, 0.29) is 7.43 Å². The molecule has 4 rings (SSSR count). The van der Waals surface area contributed by atoms with Crippen LogP contribution in [-0.2, 0) is 0 Å². The predicted octanol–water partition coefficient (Wildman–Crippen LogP) is 11.8. The van der Waals surface area contributed by atoms with Crippen LogP contribution in [0.25, 0.3) is 22.3 Å².